The number of hydrogen-bond acceptors (Lipinski definition) is 4. The number of aliphatic hydroxyl groups excluding tert-OH is 1. The fourth-order valence-electron chi connectivity index (χ4n) is 1.39. The van der Waals surface area contributed by atoms with Crippen molar-refractivity contribution in [3.05, 3.63) is 22.4 Å². The van der Waals surface area contributed by atoms with Crippen molar-refractivity contribution in [2.24, 2.45) is 5.92 Å². The molecule has 2 N–H and O–H groups in total. The minimum atomic E-state index is -0.406. The van der Waals surface area contributed by atoms with E-state index in [1.807, 2.05) is 16.8 Å². The van der Waals surface area contributed by atoms with Gasteiger partial charge in [-0.3, -0.25) is 0 Å². The van der Waals surface area contributed by atoms with Crippen molar-refractivity contribution in [2.75, 3.05) is 26.3 Å². The molecule has 0 radical (unpaired) electrons. The van der Waals surface area contributed by atoms with Gasteiger partial charge in [-0.2, -0.15) is 11.3 Å². The second-order valence-electron chi connectivity index (χ2n) is 4.57. The molecule has 0 fully saturated rings. The molecule has 0 aromatic carbocycles. The van der Waals surface area contributed by atoms with E-state index < -0.39 is 6.10 Å². The third-order valence-corrected chi connectivity index (χ3v) is 3.23. The molecule has 1 atom stereocenters. The molecule has 1 unspecified atom stereocenters. The van der Waals surface area contributed by atoms with Crippen LogP contribution in [0.15, 0.2) is 16.8 Å². The van der Waals surface area contributed by atoms with E-state index in [2.05, 4.69) is 19.2 Å². The second kappa shape index (κ2) is 8.64. The largest absolute Gasteiger partial charge is 0.387 e. The standard InChI is InChI=1S/C13H23NO2S/c1-11(2)3-6-16-7-5-14-9-13(15)12-4-8-17-10-12/h4,8,10-11,13-15H,3,5-7,9H2,1-2H3. The number of rotatable bonds is 9. The average molecular weight is 257 g/mol. The summed E-state index contributed by atoms with van der Waals surface area (Å²) in [6.07, 6.45) is 0.703. The van der Waals surface area contributed by atoms with E-state index in [1.54, 1.807) is 11.3 Å². The van der Waals surface area contributed by atoms with Gasteiger partial charge in [-0.05, 0) is 34.7 Å². The molecule has 4 heteroatoms. The summed E-state index contributed by atoms with van der Waals surface area (Å²) in [7, 11) is 0. The fraction of sp³-hybridized carbons (Fsp3) is 0.692. The molecule has 1 rings (SSSR count). The molecule has 0 aliphatic heterocycles. The Bertz CT molecular complexity index is 275. The van der Waals surface area contributed by atoms with Crippen LogP contribution in [0.1, 0.15) is 31.9 Å². The van der Waals surface area contributed by atoms with Gasteiger partial charge >= 0.3 is 0 Å². The quantitative estimate of drug-likeness (QED) is 0.668. The lowest BCUT2D eigenvalue weighted by Gasteiger charge is -2.11. The summed E-state index contributed by atoms with van der Waals surface area (Å²) in [6.45, 7) is 7.30. The first kappa shape index (κ1) is 14.6. The Labute approximate surface area is 108 Å². The van der Waals surface area contributed by atoms with Crippen LogP contribution in [0.25, 0.3) is 0 Å². The highest BCUT2D eigenvalue weighted by atomic mass is 32.1. The Morgan fingerprint density at radius 3 is 2.88 bits per heavy atom. The predicted octanol–water partition coefficient (Wildman–Crippen LogP) is 2.43. The molecule has 3 nitrogen and oxygen atoms in total. The zero-order chi connectivity index (χ0) is 12.5. The topological polar surface area (TPSA) is 41.5 Å². The molecule has 0 saturated heterocycles. The molecule has 0 amide bonds. The molecule has 17 heavy (non-hydrogen) atoms. The van der Waals surface area contributed by atoms with Gasteiger partial charge in [0, 0.05) is 19.7 Å². The highest BCUT2D eigenvalue weighted by Crippen LogP contribution is 2.14. The maximum atomic E-state index is 9.79. The van der Waals surface area contributed by atoms with Crippen LogP contribution in [0.2, 0.25) is 0 Å². The molecule has 1 aromatic rings. The van der Waals surface area contributed by atoms with Crippen LogP contribution >= 0.6 is 11.3 Å². The van der Waals surface area contributed by atoms with E-state index in [1.165, 1.54) is 0 Å². The summed E-state index contributed by atoms with van der Waals surface area (Å²) in [5.41, 5.74) is 0.989. The number of ether oxygens (including phenoxy) is 1. The van der Waals surface area contributed by atoms with E-state index >= 15 is 0 Å². The third-order valence-electron chi connectivity index (χ3n) is 2.53. The van der Waals surface area contributed by atoms with Crippen LogP contribution in [0.4, 0.5) is 0 Å². The number of hydrogen-bond donors (Lipinski definition) is 2. The molecular formula is C13H23NO2S. The van der Waals surface area contributed by atoms with Gasteiger partial charge in [-0.15, -0.1) is 0 Å². The molecule has 0 aliphatic carbocycles. The van der Waals surface area contributed by atoms with Gasteiger partial charge in [0.1, 0.15) is 0 Å². The molecular weight excluding hydrogens is 234 g/mol. The first-order valence-corrected chi connectivity index (χ1v) is 7.13. The van der Waals surface area contributed by atoms with Gasteiger partial charge < -0.3 is 15.2 Å². The van der Waals surface area contributed by atoms with Crippen molar-refractivity contribution in [1.29, 1.82) is 0 Å². The van der Waals surface area contributed by atoms with Crippen LogP contribution in [0.3, 0.4) is 0 Å². The SMILES string of the molecule is CC(C)CCOCCNCC(O)c1ccsc1. The third kappa shape index (κ3) is 6.78. The highest BCUT2D eigenvalue weighted by Gasteiger charge is 2.06. The summed E-state index contributed by atoms with van der Waals surface area (Å²) in [5.74, 6) is 0.698. The Kier molecular flexibility index (Phi) is 7.44. The van der Waals surface area contributed by atoms with Crippen LogP contribution in [0.5, 0.6) is 0 Å². The van der Waals surface area contributed by atoms with E-state index in [4.69, 9.17) is 4.74 Å². The van der Waals surface area contributed by atoms with Gasteiger partial charge in [0.2, 0.25) is 0 Å². The van der Waals surface area contributed by atoms with Crippen molar-refractivity contribution >= 4 is 11.3 Å². The Hall–Kier alpha value is -0.420. The summed E-state index contributed by atoms with van der Waals surface area (Å²) < 4.78 is 5.47. The molecule has 0 saturated carbocycles. The summed E-state index contributed by atoms with van der Waals surface area (Å²) in [6, 6.07) is 1.95. The van der Waals surface area contributed by atoms with Crippen LogP contribution < -0.4 is 5.32 Å². The first-order chi connectivity index (χ1) is 8.20. The molecule has 1 heterocycles. The van der Waals surface area contributed by atoms with Gasteiger partial charge in [-0.25, -0.2) is 0 Å². The Morgan fingerprint density at radius 1 is 1.41 bits per heavy atom. The monoisotopic (exact) mass is 257 g/mol. The molecule has 0 spiro atoms. The maximum absolute atomic E-state index is 9.79. The summed E-state index contributed by atoms with van der Waals surface area (Å²) in [4.78, 5) is 0. The van der Waals surface area contributed by atoms with Gasteiger partial charge in [0.25, 0.3) is 0 Å². The van der Waals surface area contributed by atoms with Crippen molar-refractivity contribution in [3.63, 3.8) is 0 Å². The van der Waals surface area contributed by atoms with Crippen LogP contribution in [0, 0.1) is 5.92 Å². The van der Waals surface area contributed by atoms with E-state index in [0.29, 0.717) is 19.1 Å². The molecule has 0 aliphatic rings. The van der Waals surface area contributed by atoms with Crippen molar-refractivity contribution < 1.29 is 9.84 Å². The van der Waals surface area contributed by atoms with E-state index in [0.717, 1.165) is 25.1 Å². The number of aliphatic hydroxyl groups is 1. The van der Waals surface area contributed by atoms with Crippen molar-refractivity contribution in [1.82, 2.24) is 5.32 Å². The van der Waals surface area contributed by atoms with Gasteiger partial charge in [0.15, 0.2) is 0 Å². The van der Waals surface area contributed by atoms with Crippen molar-refractivity contribution in [3.8, 4) is 0 Å². The van der Waals surface area contributed by atoms with Gasteiger partial charge in [0.05, 0.1) is 12.7 Å². The first-order valence-electron chi connectivity index (χ1n) is 6.18. The Morgan fingerprint density at radius 2 is 2.24 bits per heavy atom. The lowest BCUT2D eigenvalue weighted by atomic mass is 10.1. The predicted molar refractivity (Wildman–Crippen MR) is 72.4 cm³/mol. The lowest BCUT2D eigenvalue weighted by molar-refractivity contribution is 0.119. The lowest BCUT2D eigenvalue weighted by Crippen LogP contribution is -2.25. The average Bonchev–Trinajstić information content (AvgIpc) is 2.80. The minimum absolute atomic E-state index is 0.406. The maximum Gasteiger partial charge on any atom is 0.0922 e. The molecule has 98 valence electrons. The molecule has 1 aromatic heterocycles. The minimum Gasteiger partial charge on any atom is -0.387 e. The smallest absolute Gasteiger partial charge is 0.0922 e. The summed E-state index contributed by atoms with van der Waals surface area (Å²) in [5, 5.41) is 16.9. The van der Waals surface area contributed by atoms with Crippen LogP contribution in [-0.2, 0) is 4.74 Å². The second-order valence-corrected chi connectivity index (χ2v) is 5.35. The normalized spacial score (nSPS) is 13.2. The van der Waals surface area contributed by atoms with Gasteiger partial charge in [-0.1, -0.05) is 13.8 Å². The highest BCUT2D eigenvalue weighted by molar-refractivity contribution is 7.07. The summed E-state index contributed by atoms with van der Waals surface area (Å²) >= 11 is 1.61. The zero-order valence-corrected chi connectivity index (χ0v) is 11.5. The number of thiophene rings is 1. The molecule has 0 bridgehead atoms. The van der Waals surface area contributed by atoms with E-state index in [9.17, 15) is 5.11 Å². The Balaban J connectivity index is 1.94. The van der Waals surface area contributed by atoms with Crippen molar-refractivity contribution in [2.45, 2.75) is 26.4 Å². The number of nitrogens with one attached hydrogen (secondary N) is 1. The van der Waals surface area contributed by atoms with Crippen LogP contribution in [-0.4, -0.2) is 31.4 Å². The fourth-order valence-corrected chi connectivity index (χ4v) is 2.09. The van der Waals surface area contributed by atoms with E-state index in [-0.39, 0.29) is 0 Å². The zero-order valence-electron chi connectivity index (χ0n) is 10.7.